The Morgan fingerprint density at radius 2 is 1.86 bits per heavy atom. The standard InChI is InChI=1S/C18H14O2S/c1-2-11-20-15-9-5-3-7-13(15)12-17-18(19)14-8-4-6-10-16(14)21-17/h2-10,12H,1,11H2/b17-12+. The van der Waals surface area contributed by atoms with E-state index in [-0.39, 0.29) is 5.78 Å². The van der Waals surface area contributed by atoms with Crippen molar-refractivity contribution in [1.82, 2.24) is 0 Å². The predicted octanol–water partition coefficient (Wildman–Crippen LogP) is 4.58. The zero-order chi connectivity index (χ0) is 14.7. The third-order valence-corrected chi connectivity index (χ3v) is 4.24. The van der Waals surface area contributed by atoms with Gasteiger partial charge >= 0.3 is 0 Å². The molecule has 2 aromatic carbocycles. The minimum atomic E-state index is 0.0779. The zero-order valence-electron chi connectivity index (χ0n) is 11.4. The summed E-state index contributed by atoms with van der Waals surface area (Å²) in [5, 5.41) is 0. The monoisotopic (exact) mass is 294 g/mol. The van der Waals surface area contributed by atoms with Gasteiger partial charge in [-0.25, -0.2) is 0 Å². The highest BCUT2D eigenvalue weighted by atomic mass is 32.2. The van der Waals surface area contributed by atoms with E-state index in [9.17, 15) is 4.79 Å². The maximum atomic E-state index is 12.4. The molecule has 0 radical (unpaired) electrons. The molecule has 2 aromatic rings. The fourth-order valence-electron chi connectivity index (χ4n) is 2.16. The van der Waals surface area contributed by atoms with Gasteiger partial charge in [-0.2, -0.15) is 0 Å². The average molecular weight is 294 g/mol. The van der Waals surface area contributed by atoms with Gasteiger partial charge < -0.3 is 4.74 Å². The first-order chi connectivity index (χ1) is 10.3. The summed E-state index contributed by atoms with van der Waals surface area (Å²) in [6.07, 6.45) is 3.60. The topological polar surface area (TPSA) is 26.3 Å². The number of carbonyl (C=O) groups excluding carboxylic acids is 1. The minimum Gasteiger partial charge on any atom is -0.489 e. The van der Waals surface area contributed by atoms with Crippen molar-refractivity contribution in [1.29, 1.82) is 0 Å². The van der Waals surface area contributed by atoms with Crippen molar-refractivity contribution < 1.29 is 9.53 Å². The molecule has 0 bridgehead atoms. The highest BCUT2D eigenvalue weighted by Gasteiger charge is 2.25. The number of hydrogen-bond acceptors (Lipinski definition) is 3. The van der Waals surface area contributed by atoms with Crippen LogP contribution >= 0.6 is 11.8 Å². The summed E-state index contributed by atoms with van der Waals surface area (Å²) in [6, 6.07) is 15.4. The molecule has 3 rings (SSSR count). The number of benzene rings is 2. The highest BCUT2D eigenvalue weighted by Crippen LogP contribution is 2.41. The number of carbonyl (C=O) groups is 1. The number of thioether (sulfide) groups is 1. The lowest BCUT2D eigenvalue weighted by Gasteiger charge is -2.07. The number of para-hydroxylation sites is 1. The molecule has 3 heteroatoms. The summed E-state index contributed by atoms with van der Waals surface area (Å²) in [4.78, 5) is 14.1. The molecule has 0 atom stereocenters. The van der Waals surface area contributed by atoms with Crippen LogP contribution in [0.4, 0.5) is 0 Å². The second-order valence-corrected chi connectivity index (χ2v) is 5.66. The Kier molecular flexibility index (Phi) is 3.93. The third-order valence-electron chi connectivity index (χ3n) is 3.14. The number of rotatable bonds is 4. The van der Waals surface area contributed by atoms with Gasteiger partial charge in [0.2, 0.25) is 5.78 Å². The van der Waals surface area contributed by atoms with Crippen molar-refractivity contribution in [3.8, 4) is 5.75 Å². The van der Waals surface area contributed by atoms with Crippen LogP contribution < -0.4 is 4.74 Å². The fourth-order valence-corrected chi connectivity index (χ4v) is 3.20. The van der Waals surface area contributed by atoms with Gasteiger partial charge in [-0.1, -0.05) is 54.7 Å². The SMILES string of the molecule is C=CCOc1ccccc1/C=C1/Sc2ccccc2C1=O. The molecule has 0 saturated carbocycles. The second kappa shape index (κ2) is 6.02. The van der Waals surface area contributed by atoms with Crippen LogP contribution in [0.3, 0.4) is 0 Å². The first kappa shape index (κ1) is 13.7. The summed E-state index contributed by atoms with van der Waals surface area (Å²) in [6.45, 7) is 4.10. The quantitative estimate of drug-likeness (QED) is 0.610. The Labute approximate surface area is 128 Å². The lowest BCUT2D eigenvalue weighted by Crippen LogP contribution is -1.96. The predicted molar refractivity (Wildman–Crippen MR) is 86.7 cm³/mol. The summed E-state index contributed by atoms with van der Waals surface area (Å²) in [5.74, 6) is 0.836. The van der Waals surface area contributed by atoms with Crippen molar-refractivity contribution in [3.63, 3.8) is 0 Å². The molecule has 0 aromatic heterocycles. The van der Waals surface area contributed by atoms with Crippen LogP contribution in [0.25, 0.3) is 6.08 Å². The van der Waals surface area contributed by atoms with Crippen LogP contribution in [0.5, 0.6) is 5.75 Å². The minimum absolute atomic E-state index is 0.0779. The molecule has 1 heterocycles. The Bertz CT molecular complexity index is 732. The van der Waals surface area contributed by atoms with Gasteiger partial charge in [-0.05, 0) is 24.3 Å². The first-order valence-corrected chi connectivity index (χ1v) is 7.47. The van der Waals surface area contributed by atoms with E-state index in [2.05, 4.69) is 6.58 Å². The number of ether oxygens (including phenoxy) is 1. The molecule has 0 saturated heterocycles. The van der Waals surface area contributed by atoms with Gasteiger partial charge in [0.05, 0.1) is 4.91 Å². The Balaban J connectivity index is 1.94. The van der Waals surface area contributed by atoms with Crippen LogP contribution in [-0.4, -0.2) is 12.4 Å². The summed E-state index contributed by atoms with van der Waals surface area (Å²) < 4.78 is 5.63. The molecule has 2 nitrogen and oxygen atoms in total. The Morgan fingerprint density at radius 3 is 2.67 bits per heavy atom. The molecule has 0 amide bonds. The van der Waals surface area contributed by atoms with E-state index in [1.165, 1.54) is 11.8 Å². The van der Waals surface area contributed by atoms with Gasteiger partial charge in [-0.3, -0.25) is 4.79 Å². The number of allylic oxidation sites excluding steroid dienone is 1. The van der Waals surface area contributed by atoms with Gasteiger partial charge in [0.15, 0.2) is 0 Å². The summed E-state index contributed by atoms with van der Waals surface area (Å²) in [5.41, 5.74) is 1.68. The van der Waals surface area contributed by atoms with E-state index in [4.69, 9.17) is 4.74 Å². The maximum absolute atomic E-state index is 12.4. The number of ketones is 1. The molecule has 1 aliphatic heterocycles. The lowest BCUT2D eigenvalue weighted by molar-refractivity contribution is 0.104. The maximum Gasteiger partial charge on any atom is 0.200 e. The smallest absolute Gasteiger partial charge is 0.200 e. The summed E-state index contributed by atoms with van der Waals surface area (Å²) >= 11 is 1.51. The van der Waals surface area contributed by atoms with E-state index < -0.39 is 0 Å². The van der Waals surface area contributed by atoms with Crippen molar-refractivity contribution in [2.24, 2.45) is 0 Å². The number of Topliss-reactive ketones (excluding diaryl/α,β-unsaturated/α-hetero) is 1. The Hall–Kier alpha value is -2.26. The van der Waals surface area contributed by atoms with Crippen molar-refractivity contribution in [3.05, 3.63) is 77.2 Å². The van der Waals surface area contributed by atoms with Crippen LogP contribution in [0.2, 0.25) is 0 Å². The van der Waals surface area contributed by atoms with Gasteiger partial charge in [0.1, 0.15) is 12.4 Å². The van der Waals surface area contributed by atoms with Crippen molar-refractivity contribution >= 4 is 23.6 Å². The molecular weight excluding hydrogens is 280 g/mol. The number of fused-ring (bicyclic) bond motifs is 1. The van der Waals surface area contributed by atoms with Gasteiger partial charge in [0, 0.05) is 16.0 Å². The van der Waals surface area contributed by atoms with Gasteiger partial charge in [0.25, 0.3) is 0 Å². The van der Waals surface area contributed by atoms with Crippen LogP contribution in [0.1, 0.15) is 15.9 Å². The molecule has 104 valence electrons. The molecule has 1 aliphatic rings. The van der Waals surface area contributed by atoms with E-state index in [1.807, 2.05) is 54.6 Å². The second-order valence-electron chi connectivity index (χ2n) is 4.57. The van der Waals surface area contributed by atoms with E-state index >= 15 is 0 Å². The Morgan fingerprint density at radius 1 is 1.10 bits per heavy atom. The van der Waals surface area contributed by atoms with Crippen molar-refractivity contribution in [2.75, 3.05) is 6.61 Å². The highest BCUT2D eigenvalue weighted by molar-refractivity contribution is 8.04. The lowest BCUT2D eigenvalue weighted by atomic mass is 10.1. The molecule has 0 N–H and O–H groups in total. The molecule has 0 aliphatic carbocycles. The first-order valence-electron chi connectivity index (χ1n) is 6.65. The van der Waals surface area contributed by atoms with Crippen LogP contribution in [0, 0.1) is 0 Å². The molecule has 21 heavy (non-hydrogen) atoms. The average Bonchev–Trinajstić information content (AvgIpc) is 2.83. The van der Waals surface area contributed by atoms with E-state index in [0.717, 1.165) is 26.7 Å². The molecule has 0 spiro atoms. The van der Waals surface area contributed by atoms with Crippen molar-refractivity contribution in [2.45, 2.75) is 4.90 Å². The molecule has 0 unspecified atom stereocenters. The normalized spacial score (nSPS) is 15.0. The van der Waals surface area contributed by atoms with E-state index in [1.54, 1.807) is 6.08 Å². The van der Waals surface area contributed by atoms with Crippen LogP contribution in [0.15, 0.2) is 71.0 Å². The number of hydrogen-bond donors (Lipinski definition) is 0. The van der Waals surface area contributed by atoms with Crippen LogP contribution in [-0.2, 0) is 0 Å². The third kappa shape index (κ3) is 2.78. The molecular formula is C18H14O2S. The largest absolute Gasteiger partial charge is 0.489 e. The zero-order valence-corrected chi connectivity index (χ0v) is 12.2. The fraction of sp³-hybridized carbons (Fsp3) is 0.0556. The van der Waals surface area contributed by atoms with Gasteiger partial charge in [-0.15, -0.1) is 0 Å². The summed E-state index contributed by atoms with van der Waals surface area (Å²) in [7, 11) is 0. The molecule has 0 fully saturated rings. The van der Waals surface area contributed by atoms with E-state index in [0.29, 0.717) is 6.61 Å².